The van der Waals surface area contributed by atoms with Crippen LogP contribution >= 0.6 is 11.6 Å². The van der Waals surface area contributed by atoms with Gasteiger partial charge in [0.2, 0.25) is 0 Å². The van der Waals surface area contributed by atoms with Gasteiger partial charge in [-0.1, -0.05) is 23.7 Å². The maximum Gasteiger partial charge on any atom is 0.142 e. The van der Waals surface area contributed by atoms with Gasteiger partial charge < -0.3 is 10.1 Å². The fourth-order valence-corrected chi connectivity index (χ4v) is 2.00. The van der Waals surface area contributed by atoms with Gasteiger partial charge in [0, 0.05) is 30.9 Å². The van der Waals surface area contributed by atoms with E-state index in [0.717, 1.165) is 23.4 Å². The smallest absolute Gasteiger partial charge is 0.142 e. The van der Waals surface area contributed by atoms with Crippen molar-refractivity contribution in [1.29, 1.82) is 0 Å². The first-order valence-electron chi connectivity index (χ1n) is 5.73. The van der Waals surface area contributed by atoms with Crippen LogP contribution in [0, 0.1) is 0 Å². The van der Waals surface area contributed by atoms with Crippen LogP contribution in [-0.2, 0) is 20.2 Å². The Hall–Kier alpha value is -1.52. The Bertz CT molecular complexity index is 525. The summed E-state index contributed by atoms with van der Waals surface area (Å²) in [5.74, 6) is 0.734. The zero-order chi connectivity index (χ0) is 13.0. The predicted molar refractivity (Wildman–Crippen MR) is 71.8 cm³/mol. The Morgan fingerprint density at radius 3 is 2.94 bits per heavy atom. The van der Waals surface area contributed by atoms with Gasteiger partial charge in [0.1, 0.15) is 12.4 Å². The zero-order valence-electron chi connectivity index (χ0n) is 10.5. The average molecular weight is 266 g/mol. The highest BCUT2D eigenvalue weighted by Crippen LogP contribution is 2.29. The third-order valence-corrected chi connectivity index (χ3v) is 2.85. The second-order valence-electron chi connectivity index (χ2n) is 4.07. The van der Waals surface area contributed by atoms with Crippen LogP contribution in [0.4, 0.5) is 0 Å². The van der Waals surface area contributed by atoms with Crippen molar-refractivity contribution in [2.24, 2.45) is 7.05 Å². The number of ether oxygens (including phenoxy) is 1. The number of aromatic nitrogens is 2. The van der Waals surface area contributed by atoms with E-state index in [4.69, 9.17) is 16.3 Å². The lowest BCUT2D eigenvalue weighted by Gasteiger charge is -2.12. The van der Waals surface area contributed by atoms with Crippen LogP contribution in [0.3, 0.4) is 0 Å². The van der Waals surface area contributed by atoms with Crippen molar-refractivity contribution in [2.45, 2.75) is 13.2 Å². The molecule has 0 saturated carbocycles. The first-order chi connectivity index (χ1) is 8.70. The molecule has 2 rings (SSSR count). The summed E-state index contributed by atoms with van der Waals surface area (Å²) in [6.07, 6.45) is 3.71. The van der Waals surface area contributed by atoms with Gasteiger partial charge in [-0.3, -0.25) is 4.68 Å². The fraction of sp³-hybridized carbons (Fsp3) is 0.308. The van der Waals surface area contributed by atoms with Gasteiger partial charge in [0.15, 0.2) is 0 Å². The Morgan fingerprint density at radius 1 is 1.44 bits per heavy atom. The van der Waals surface area contributed by atoms with Crippen LogP contribution in [0.1, 0.15) is 11.1 Å². The van der Waals surface area contributed by atoms with Crippen LogP contribution in [0.15, 0.2) is 30.6 Å². The molecule has 0 saturated heterocycles. The number of halogens is 1. The van der Waals surface area contributed by atoms with Gasteiger partial charge in [-0.2, -0.15) is 5.10 Å². The van der Waals surface area contributed by atoms with Crippen molar-refractivity contribution in [3.05, 3.63) is 46.7 Å². The molecule has 5 heteroatoms. The van der Waals surface area contributed by atoms with Gasteiger partial charge in [-0.05, 0) is 13.1 Å². The molecular formula is C13H16ClN3O. The molecule has 96 valence electrons. The van der Waals surface area contributed by atoms with Crippen molar-refractivity contribution in [2.75, 3.05) is 7.05 Å². The number of nitrogens with zero attached hydrogens (tertiary/aromatic N) is 2. The van der Waals surface area contributed by atoms with Crippen molar-refractivity contribution in [3.63, 3.8) is 0 Å². The SMILES string of the molecule is CNCc1cccc(Cl)c1OCc1cnn(C)c1. The topological polar surface area (TPSA) is 39.1 Å². The highest BCUT2D eigenvalue weighted by atomic mass is 35.5. The molecule has 1 N–H and O–H groups in total. The largest absolute Gasteiger partial charge is 0.487 e. The molecule has 0 aliphatic carbocycles. The summed E-state index contributed by atoms with van der Waals surface area (Å²) in [6, 6.07) is 5.76. The predicted octanol–water partition coefficient (Wildman–Crippen LogP) is 2.37. The Kier molecular flexibility index (Phi) is 4.23. The number of aryl methyl sites for hydroxylation is 1. The van der Waals surface area contributed by atoms with E-state index in [2.05, 4.69) is 10.4 Å². The minimum Gasteiger partial charge on any atom is -0.487 e. The monoisotopic (exact) mass is 265 g/mol. The zero-order valence-corrected chi connectivity index (χ0v) is 11.2. The van der Waals surface area contributed by atoms with Crippen LogP contribution in [0.5, 0.6) is 5.75 Å². The van der Waals surface area contributed by atoms with Crippen molar-refractivity contribution >= 4 is 11.6 Å². The minimum atomic E-state index is 0.467. The normalized spacial score (nSPS) is 10.6. The van der Waals surface area contributed by atoms with E-state index in [1.807, 2.05) is 38.5 Å². The van der Waals surface area contributed by atoms with Crippen molar-refractivity contribution in [1.82, 2.24) is 15.1 Å². The number of nitrogens with one attached hydrogen (secondary N) is 1. The van der Waals surface area contributed by atoms with Gasteiger partial charge in [0.05, 0.1) is 11.2 Å². The molecule has 0 radical (unpaired) electrons. The van der Waals surface area contributed by atoms with E-state index in [1.54, 1.807) is 10.9 Å². The lowest BCUT2D eigenvalue weighted by molar-refractivity contribution is 0.302. The summed E-state index contributed by atoms with van der Waals surface area (Å²) in [4.78, 5) is 0. The van der Waals surface area contributed by atoms with Gasteiger partial charge in [-0.15, -0.1) is 0 Å². The summed E-state index contributed by atoms with van der Waals surface area (Å²) < 4.78 is 7.54. The van der Waals surface area contributed by atoms with E-state index in [0.29, 0.717) is 11.6 Å². The maximum absolute atomic E-state index is 6.16. The second kappa shape index (κ2) is 5.89. The van der Waals surface area contributed by atoms with Crippen molar-refractivity contribution in [3.8, 4) is 5.75 Å². The molecule has 0 aliphatic rings. The molecule has 0 fully saturated rings. The Labute approximate surface area is 112 Å². The van der Waals surface area contributed by atoms with E-state index >= 15 is 0 Å². The molecule has 4 nitrogen and oxygen atoms in total. The summed E-state index contributed by atoms with van der Waals surface area (Å²) in [5.41, 5.74) is 2.07. The molecule has 0 spiro atoms. The summed E-state index contributed by atoms with van der Waals surface area (Å²) in [7, 11) is 3.78. The standard InChI is InChI=1S/C13H16ClN3O/c1-15-7-11-4-3-5-12(14)13(11)18-9-10-6-16-17(2)8-10/h3-6,8,15H,7,9H2,1-2H3. The highest BCUT2D eigenvalue weighted by Gasteiger charge is 2.08. The summed E-state index contributed by atoms with van der Waals surface area (Å²) >= 11 is 6.16. The number of rotatable bonds is 5. The quantitative estimate of drug-likeness (QED) is 0.902. The molecular weight excluding hydrogens is 250 g/mol. The molecule has 18 heavy (non-hydrogen) atoms. The van der Waals surface area contributed by atoms with Crippen LogP contribution < -0.4 is 10.1 Å². The minimum absolute atomic E-state index is 0.467. The Morgan fingerprint density at radius 2 is 2.28 bits per heavy atom. The molecule has 1 aromatic carbocycles. The molecule has 0 amide bonds. The lowest BCUT2D eigenvalue weighted by atomic mass is 10.2. The number of hydrogen-bond acceptors (Lipinski definition) is 3. The molecule has 0 unspecified atom stereocenters. The second-order valence-corrected chi connectivity index (χ2v) is 4.48. The molecule has 0 atom stereocenters. The van der Waals surface area contributed by atoms with E-state index in [1.165, 1.54) is 0 Å². The van der Waals surface area contributed by atoms with Crippen LogP contribution in [0.25, 0.3) is 0 Å². The highest BCUT2D eigenvalue weighted by molar-refractivity contribution is 6.32. The number of hydrogen-bond donors (Lipinski definition) is 1. The van der Waals surface area contributed by atoms with Gasteiger partial charge in [-0.25, -0.2) is 0 Å². The van der Waals surface area contributed by atoms with Crippen LogP contribution in [0.2, 0.25) is 5.02 Å². The number of para-hydroxylation sites is 1. The fourth-order valence-electron chi connectivity index (χ4n) is 1.75. The summed E-state index contributed by atoms with van der Waals surface area (Å²) in [6.45, 7) is 1.19. The molecule has 2 aromatic rings. The lowest BCUT2D eigenvalue weighted by Crippen LogP contribution is -2.07. The molecule has 0 bridgehead atoms. The van der Waals surface area contributed by atoms with E-state index < -0.39 is 0 Å². The molecule has 1 heterocycles. The molecule has 1 aromatic heterocycles. The number of benzene rings is 1. The summed E-state index contributed by atoms with van der Waals surface area (Å²) in [5, 5.41) is 7.83. The first-order valence-corrected chi connectivity index (χ1v) is 6.11. The van der Waals surface area contributed by atoms with Crippen molar-refractivity contribution < 1.29 is 4.74 Å². The first kappa shape index (κ1) is 12.9. The molecule has 0 aliphatic heterocycles. The van der Waals surface area contributed by atoms with Gasteiger partial charge in [0.25, 0.3) is 0 Å². The van der Waals surface area contributed by atoms with E-state index in [9.17, 15) is 0 Å². The van der Waals surface area contributed by atoms with E-state index in [-0.39, 0.29) is 0 Å². The average Bonchev–Trinajstić information content (AvgIpc) is 2.75. The van der Waals surface area contributed by atoms with Gasteiger partial charge >= 0.3 is 0 Å². The van der Waals surface area contributed by atoms with Crippen LogP contribution in [-0.4, -0.2) is 16.8 Å². The Balaban J connectivity index is 2.12. The third-order valence-electron chi connectivity index (χ3n) is 2.56. The third kappa shape index (κ3) is 3.03. The maximum atomic E-state index is 6.16.